The molecule has 0 saturated carbocycles. The van der Waals surface area contributed by atoms with Gasteiger partial charge in [0.05, 0.1) is 17.2 Å². The van der Waals surface area contributed by atoms with Crippen LogP contribution < -0.4 is 11.1 Å². The monoisotopic (exact) mass is 300 g/mol. The molecule has 2 amide bonds. The van der Waals surface area contributed by atoms with E-state index in [2.05, 4.69) is 5.32 Å². The number of primary amides is 1. The van der Waals surface area contributed by atoms with Gasteiger partial charge in [-0.3, -0.25) is 9.59 Å². The Balaban J connectivity index is 2.47. The second-order valence-electron chi connectivity index (χ2n) is 4.10. The molecule has 0 aliphatic carbocycles. The number of nitrogens with one attached hydrogen (secondary N) is 1. The van der Waals surface area contributed by atoms with Gasteiger partial charge in [0.1, 0.15) is 6.10 Å². The van der Waals surface area contributed by atoms with Gasteiger partial charge in [0.2, 0.25) is 11.8 Å². The number of sulfone groups is 1. The van der Waals surface area contributed by atoms with Crippen LogP contribution in [0.5, 0.6) is 0 Å². The molecule has 0 spiro atoms. The van der Waals surface area contributed by atoms with E-state index in [9.17, 15) is 18.0 Å². The maximum atomic E-state index is 11.9. The van der Waals surface area contributed by atoms with E-state index in [1.807, 2.05) is 0 Å². The van der Waals surface area contributed by atoms with Gasteiger partial charge in [0.25, 0.3) is 0 Å². The van der Waals surface area contributed by atoms with Crippen LogP contribution >= 0.6 is 0 Å². The number of hydrogen-bond donors (Lipinski definition) is 3. The molecule has 0 radical (unpaired) electrons. The van der Waals surface area contributed by atoms with Crippen molar-refractivity contribution in [3.05, 3.63) is 30.3 Å². The molecule has 0 aliphatic rings. The zero-order valence-corrected chi connectivity index (χ0v) is 11.5. The Kier molecular flexibility index (Phi) is 5.66. The van der Waals surface area contributed by atoms with Crippen LogP contribution in [0.2, 0.25) is 0 Å². The van der Waals surface area contributed by atoms with E-state index in [-0.39, 0.29) is 23.6 Å². The first-order valence-corrected chi connectivity index (χ1v) is 7.50. The summed E-state index contributed by atoms with van der Waals surface area (Å²) in [7, 11) is -3.53. The molecule has 1 rings (SSSR count). The summed E-state index contributed by atoms with van der Waals surface area (Å²) < 4.78 is 23.8. The summed E-state index contributed by atoms with van der Waals surface area (Å²) >= 11 is 0. The molecule has 0 bridgehead atoms. The van der Waals surface area contributed by atoms with Crippen molar-refractivity contribution in [2.45, 2.75) is 17.4 Å². The summed E-state index contributed by atoms with van der Waals surface area (Å²) in [5, 5.41) is 11.3. The number of benzene rings is 1. The normalized spacial score (nSPS) is 12.7. The van der Waals surface area contributed by atoms with Gasteiger partial charge in [-0.25, -0.2) is 8.42 Å². The van der Waals surface area contributed by atoms with Gasteiger partial charge in [0, 0.05) is 6.42 Å². The standard InChI is InChI=1S/C12H16N2O5S/c13-12(17)10(15)8-14-11(16)6-7-20(18,19)9-4-2-1-3-5-9/h1-5,10,15H,6-8H2,(H2,13,17)(H,14,16). The largest absolute Gasteiger partial charge is 0.381 e. The molecular weight excluding hydrogens is 284 g/mol. The van der Waals surface area contributed by atoms with Gasteiger partial charge in [-0.1, -0.05) is 18.2 Å². The molecule has 7 nitrogen and oxygen atoms in total. The van der Waals surface area contributed by atoms with Crippen LogP contribution in [-0.4, -0.2) is 43.7 Å². The third kappa shape index (κ3) is 4.98. The molecule has 0 saturated heterocycles. The molecule has 1 aromatic carbocycles. The average molecular weight is 300 g/mol. The Labute approximate surface area is 116 Å². The van der Waals surface area contributed by atoms with E-state index in [1.54, 1.807) is 18.2 Å². The van der Waals surface area contributed by atoms with Gasteiger partial charge in [-0.2, -0.15) is 0 Å². The van der Waals surface area contributed by atoms with Crippen LogP contribution in [0.4, 0.5) is 0 Å². The lowest BCUT2D eigenvalue weighted by atomic mass is 10.3. The first-order chi connectivity index (χ1) is 9.33. The van der Waals surface area contributed by atoms with Crippen molar-refractivity contribution in [2.24, 2.45) is 5.73 Å². The number of aliphatic hydroxyl groups excluding tert-OH is 1. The fraction of sp³-hybridized carbons (Fsp3) is 0.333. The fourth-order valence-corrected chi connectivity index (χ4v) is 2.63. The number of nitrogens with two attached hydrogens (primary N) is 1. The number of carbonyl (C=O) groups excluding carboxylic acids is 2. The van der Waals surface area contributed by atoms with Crippen LogP contribution in [-0.2, 0) is 19.4 Å². The molecule has 0 aliphatic heterocycles. The number of aliphatic hydroxyl groups is 1. The van der Waals surface area contributed by atoms with Crippen molar-refractivity contribution in [1.29, 1.82) is 0 Å². The van der Waals surface area contributed by atoms with Gasteiger partial charge in [0.15, 0.2) is 9.84 Å². The van der Waals surface area contributed by atoms with Crippen LogP contribution in [0.3, 0.4) is 0 Å². The van der Waals surface area contributed by atoms with Crippen LogP contribution in [0.25, 0.3) is 0 Å². The summed E-state index contributed by atoms with van der Waals surface area (Å²) in [5.74, 6) is -1.89. The van der Waals surface area contributed by atoms with Crippen LogP contribution in [0.15, 0.2) is 35.2 Å². The third-order valence-corrected chi connectivity index (χ3v) is 4.25. The summed E-state index contributed by atoms with van der Waals surface area (Å²) in [4.78, 5) is 22.1. The van der Waals surface area contributed by atoms with Gasteiger partial charge >= 0.3 is 0 Å². The number of hydrogen-bond acceptors (Lipinski definition) is 5. The average Bonchev–Trinajstić information content (AvgIpc) is 2.43. The Morgan fingerprint density at radius 2 is 1.85 bits per heavy atom. The molecule has 1 aromatic rings. The Morgan fingerprint density at radius 3 is 2.40 bits per heavy atom. The van der Waals surface area contributed by atoms with E-state index in [0.29, 0.717) is 0 Å². The molecular formula is C12H16N2O5S. The number of amides is 2. The molecule has 4 N–H and O–H groups in total. The fourth-order valence-electron chi connectivity index (χ4n) is 1.37. The van der Waals surface area contributed by atoms with Gasteiger partial charge in [-0.05, 0) is 12.1 Å². The Hall–Kier alpha value is -1.93. The van der Waals surface area contributed by atoms with Gasteiger partial charge < -0.3 is 16.2 Å². The molecule has 8 heteroatoms. The molecule has 20 heavy (non-hydrogen) atoms. The summed E-state index contributed by atoms with van der Waals surface area (Å²) in [6.07, 6.45) is -1.74. The highest BCUT2D eigenvalue weighted by atomic mass is 32.2. The van der Waals surface area contributed by atoms with Crippen molar-refractivity contribution in [2.75, 3.05) is 12.3 Å². The second-order valence-corrected chi connectivity index (χ2v) is 6.21. The Bertz CT molecular complexity index is 571. The number of rotatable bonds is 7. The zero-order chi connectivity index (χ0) is 15.2. The van der Waals surface area contributed by atoms with Crippen molar-refractivity contribution >= 4 is 21.7 Å². The van der Waals surface area contributed by atoms with E-state index >= 15 is 0 Å². The molecule has 1 atom stereocenters. The van der Waals surface area contributed by atoms with Crippen molar-refractivity contribution in [1.82, 2.24) is 5.32 Å². The SMILES string of the molecule is NC(=O)C(O)CNC(=O)CCS(=O)(=O)c1ccccc1. The first kappa shape index (κ1) is 16.1. The van der Waals surface area contributed by atoms with E-state index in [0.717, 1.165) is 0 Å². The minimum atomic E-state index is -3.53. The predicted molar refractivity (Wildman–Crippen MR) is 71.3 cm³/mol. The van der Waals surface area contributed by atoms with Crippen molar-refractivity contribution in [3.63, 3.8) is 0 Å². The highest BCUT2D eigenvalue weighted by Crippen LogP contribution is 2.10. The number of carbonyl (C=O) groups is 2. The van der Waals surface area contributed by atoms with Crippen LogP contribution in [0.1, 0.15) is 6.42 Å². The zero-order valence-electron chi connectivity index (χ0n) is 10.7. The topological polar surface area (TPSA) is 127 Å². The smallest absolute Gasteiger partial charge is 0.248 e. The van der Waals surface area contributed by atoms with E-state index < -0.39 is 27.8 Å². The lowest BCUT2D eigenvalue weighted by molar-refractivity contribution is -0.126. The quantitative estimate of drug-likeness (QED) is 0.584. The molecule has 0 aromatic heterocycles. The maximum Gasteiger partial charge on any atom is 0.248 e. The third-order valence-electron chi connectivity index (χ3n) is 2.52. The lowest BCUT2D eigenvalue weighted by Gasteiger charge is -2.08. The highest BCUT2D eigenvalue weighted by Gasteiger charge is 2.17. The van der Waals surface area contributed by atoms with Gasteiger partial charge in [-0.15, -0.1) is 0 Å². The second kappa shape index (κ2) is 7.01. The first-order valence-electron chi connectivity index (χ1n) is 5.85. The minimum absolute atomic E-state index is 0.143. The van der Waals surface area contributed by atoms with Crippen molar-refractivity contribution < 1.29 is 23.1 Å². The summed E-state index contributed by atoms with van der Waals surface area (Å²) in [6, 6.07) is 7.78. The molecule has 1 unspecified atom stereocenters. The predicted octanol–water partition coefficient (Wildman–Crippen LogP) is -1.19. The lowest BCUT2D eigenvalue weighted by Crippen LogP contribution is -2.40. The van der Waals surface area contributed by atoms with Crippen molar-refractivity contribution in [3.8, 4) is 0 Å². The molecule has 0 heterocycles. The Morgan fingerprint density at radius 1 is 1.25 bits per heavy atom. The molecule has 0 fully saturated rings. The summed E-state index contributed by atoms with van der Waals surface area (Å²) in [6.45, 7) is -0.334. The highest BCUT2D eigenvalue weighted by molar-refractivity contribution is 7.91. The van der Waals surface area contributed by atoms with E-state index in [4.69, 9.17) is 10.8 Å². The summed E-state index contributed by atoms with van der Waals surface area (Å²) in [5.41, 5.74) is 4.81. The molecule has 110 valence electrons. The maximum absolute atomic E-state index is 11.9. The van der Waals surface area contributed by atoms with Crippen LogP contribution in [0, 0.1) is 0 Å². The van der Waals surface area contributed by atoms with E-state index in [1.165, 1.54) is 12.1 Å². The minimum Gasteiger partial charge on any atom is -0.381 e.